The monoisotopic (exact) mass is 590 g/mol. The Morgan fingerprint density at radius 1 is 1.05 bits per heavy atom. The first-order valence-electron chi connectivity index (χ1n) is 14.4. The number of carboxylic acids is 1. The van der Waals surface area contributed by atoms with E-state index in [0.717, 1.165) is 45.5 Å². The average molecular weight is 591 g/mol. The molecule has 0 saturated carbocycles. The maximum Gasteiger partial charge on any atom is 0.307 e. The Balaban J connectivity index is 1.44. The van der Waals surface area contributed by atoms with Crippen LogP contribution in [0.4, 0.5) is 8.78 Å². The molecule has 1 aromatic heterocycles. The summed E-state index contributed by atoms with van der Waals surface area (Å²) in [5.74, 6) is -5.00. The molecule has 0 saturated heterocycles. The maximum absolute atomic E-state index is 15.1. The number of ether oxygens (including phenoxy) is 2. The SMILES string of the molecule is Cc1c2ccc3c1nnn3CCCOCCOc1cc(F)c(c(F)c1)C(=O)N1CCc3ccc(cc3C1)[C@@H]2[C@H](C)C(=O)O. The van der Waals surface area contributed by atoms with E-state index in [-0.39, 0.29) is 25.5 Å². The fourth-order valence-electron chi connectivity index (χ4n) is 6.14. The van der Waals surface area contributed by atoms with Gasteiger partial charge in [-0.2, -0.15) is 0 Å². The van der Waals surface area contributed by atoms with E-state index in [4.69, 9.17) is 9.47 Å². The predicted octanol–water partition coefficient (Wildman–Crippen LogP) is 4.87. The van der Waals surface area contributed by atoms with E-state index in [1.165, 1.54) is 4.90 Å². The number of carboxylic acid groups (broad SMARTS) is 1. The summed E-state index contributed by atoms with van der Waals surface area (Å²) in [4.78, 5) is 27.1. The van der Waals surface area contributed by atoms with Crippen LogP contribution in [0.3, 0.4) is 0 Å². The van der Waals surface area contributed by atoms with Crippen LogP contribution >= 0.6 is 0 Å². The molecule has 3 aromatic carbocycles. The average Bonchev–Trinajstić information content (AvgIpc) is 3.40. The van der Waals surface area contributed by atoms with Crippen LogP contribution < -0.4 is 4.74 Å². The Morgan fingerprint density at radius 2 is 1.84 bits per heavy atom. The fraction of sp³-hybridized carbons (Fsp3) is 0.375. The van der Waals surface area contributed by atoms with Crippen molar-refractivity contribution in [1.82, 2.24) is 19.9 Å². The number of aryl methyl sites for hydroxylation is 2. The molecule has 224 valence electrons. The number of aliphatic carboxylic acids is 1. The summed E-state index contributed by atoms with van der Waals surface area (Å²) < 4.78 is 43.0. The Labute approximate surface area is 247 Å². The Kier molecular flexibility index (Phi) is 7.83. The molecule has 9 bridgehead atoms. The third-order valence-electron chi connectivity index (χ3n) is 8.48. The molecule has 4 aromatic rings. The van der Waals surface area contributed by atoms with Gasteiger partial charge < -0.3 is 19.5 Å². The van der Waals surface area contributed by atoms with Crippen LogP contribution in [0.2, 0.25) is 0 Å². The van der Waals surface area contributed by atoms with E-state index in [2.05, 4.69) is 10.3 Å². The third kappa shape index (κ3) is 5.45. The standard InChI is InChI=1S/C32H32F2N4O5/c1-18-24-6-7-27-30(18)35-36-38(27)9-3-11-42-12-13-43-23-15-25(33)29(26(34)16-23)31(39)37-10-8-20-4-5-21(14-22(20)17-37)28(24)19(2)32(40)41/h4-7,14-16,19,28H,3,8-13,17H2,1-2H3,(H,40,41)/t19-,28-/m0/s1. The first kappa shape index (κ1) is 28.7. The molecule has 5 aliphatic heterocycles. The minimum Gasteiger partial charge on any atom is -0.491 e. The number of benzene rings is 3. The Hall–Kier alpha value is -4.38. The number of amides is 1. The van der Waals surface area contributed by atoms with Crippen molar-refractivity contribution in [3.05, 3.63) is 87.5 Å². The lowest BCUT2D eigenvalue weighted by molar-refractivity contribution is -0.141. The van der Waals surface area contributed by atoms with Gasteiger partial charge >= 0.3 is 5.97 Å². The normalized spacial score (nSPS) is 18.4. The molecule has 0 spiro atoms. The van der Waals surface area contributed by atoms with Crippen molar-refractivity contribution in [1.29, 1.82) is 0 Å². The number of halogens is 2. The predicted molar refractivity (Wildman–Crippen MR) is 153 cm³/mol. The molecule has 43 heavy (non-hydrogen) atoms. The molecule has 0 radical (unpaired) electrons. The van der Waals surface area contributed by atoms with E-state index in [0.29, 0.717) is 38.1 Å². The lowest BCUT2D eigenvalue weighted by Gasteiger charge is -2.31. The van der Waals surface area contributed by atoms with Gasteiger partial charge in [-0.1, -0.05) is 36.4 Å². The highest BCUT2D eigenvalue weighted by Gasteiger charge is 2.32. The number of hydrogen-bond acceptors (Lipinski definition) is 6. The molecule has 0 fully saturated rings. The quantitative estimate of drug-likeness (QED) is 0.355. The van der Waals surface area contributed by atoms with Crippen molar-refractivity contribution in [2.45, 2.75) is 45.7 Å². The second kappa shape index (κ2) is 11.7. The van der Waals surface area contributed by atoms with Crippen LogP contribution in [0.25, 0.3) is 11.0 Å². The van der Waals surface area contributed by atoms with Crippen LogP contribution in [0.1, 0.15) is 57.4 Å². The molecule has 6 heterocycles. The Bertz CT molecular complexity index is 1700. The van der Waals surface area contributed by atoms with Crippen molar-refractivity contribution < 1.29 is 33.0 Å². The highest BCUT2D eigenvalue weighted by Crippen LogP contribution is 2.38. The van der Waals surface area contributed by atoms with Gasteiger partial charge in [0.05, 0.1) is 18.0 Å². The van der Waals surface area contributed by atoms with Gasteiger partial charge in [0.2, 0.25) is 0 Å². The van der Waals surface area contributed by atoms with Gasteiger partial charge in [0.15, 0.2) is 0 Å². The largest absolute Gasteiger partial charge is 0.491 e. The topological polar surface area (TPSA) is 107 Å². The van der Waals surface area contributed by atoms with Gasteiger partial charge in [0.25, 0.3) is 5.91 Å². The van der Waals surface area contributed by atoms with Gasteiger partial charge in [-0.25, -0.2) is 13.5 Å². The lowest BCUT2D eigenvalue weighted by Crippen LogP contribution is -2.37. The zero-order valence-corrected chi connectivity index (χ0v) is 24.0. The van der Waals surface area contributed by atoms with Gasteiger partial charge in [-0.15, -0.1) is 5.10 Å². The van der Waals surface area contributed by atoms with Crippen molar-refractivity contribution >= 4 is 22.9 Å². The summed E-state index contributed by atoms with van der Waals surface area (Å²) in [6.45, 7) is 5.29. The zero-order valence-electron chi connectivity index (χ0n) is 24.0. The second-order valence-corrected chi connectivity index (χ2v) is 11.1. The molecule has 1 N–H and O–H groups in total. The van der Waals surface area contributed by atoms with Crippen LogP contribution in [-0.2, 0) is 29.0 Å². The van der Waals surface area contributed by atoms with Gasteiger partial charge in [-0.05, 0) is 53.6 Å². The van der Waals surface area contributed by atoms with Crippen molar-refractivity contribution in [2.24, 2.45) is 5.92 Å². The van der Waals surface area contributed by atoms with Crippen molar-refractivity contribution in [3.8, 4) is 5.75 Å². The molecular weight excluding hydrogens is 558 g/mol. The maximum atomic E-state index is 15.1. The van der Waals surface area contributed by atoms with E-state index >= 15 is 8.78 Å². The smallest absolute Gasteiger partial charge is 0.307 e. The van der Waals surface area contributed by atoms with Crippen LogP contribution in [-0.4, -0.2) is 63.2 Å². The Morgan fingerprint density at radius 3 is 2.60 bits per heavy atom. The summed E-state index contributed by atoms with van der Waals surface area (Å²) >= 11 is 0. The summed E-state index contributed by atoms with van der Waals surface area (Å²) in [6.07, 6.45) is 1.14. The van der Waals surface area contributed by atoms with E-state index < -0.39 is 40.9 Å². The van der Waals surface area contributed by atoms with Gasteiger partial charge in [-0.3, -0.25) is 9.59 Å². The number of nitrogens with zero attached hydrogens (tertiary/aromatic N) is 4. The summed E-state index contributed by atoms with van der Waals surface area (Å²) in [5.41, 5.74) is 5.17. The highest BCUT2D eigenvalue weighted by molar-refractivity contribution is 5.95. The minimum atomic E-state index is -0.993. The molecular formula is C32H32F2N4O5. The number of hydrogen-bond donors (Lipinski definition) is 1. The van der Waals surface area contributed by atoms with Gasteiger partial charge in [0.1, 0.15) is 35.1 Å². The van der Waals surface area contributed by atoms with Crippen LogP contribution in [0.5, 0.6) is 5.75 Å². The number of carbonyl (C=O) groups excluding carboxylic acids is 1. The molecule has 0 unspecified atom stereocenters. The van der Waals surface area contributed by atoms with E-state index in [9.17, 15) is 14.7 Å². The van der Waals surface area contributed by atoms with Gasteiger partial charge in [0, 0.05) is 44.3 Å². The molecule has 0 aliphatic carbocycles. The third-order valence-corrected chi connectivity index (χ3v) is 8.48. The minimum absolute atomic E-state index is 0.0237. The second-order valence-electron chi connectivity index (χ2n) is 11.1. The van der Waals surface area contributed by atoms with E-state index in [1.807, 2.05) is 37.3 Å². The first-order chi connectivity index (χ1) is 20.7. The molecule has 1 amide bonds. The fourth-order valence-corrected chi connectivity index (χ4v) is 6.14. The van der Waals surface area contributed by atoms with Crippen LogP contribution in [0, 0.1) is 24.5 Å². The number of aromatic nitrogens is 3. The van der Waals surface area contributed by atoms with Crippen molar-refractivity contribution in [3.63, 3.8) is 0 Å². The molecule has 9 nitrogen and oxygen atoms in total. The summed E-state index contributed by atoms with van der Waals surface area (Å²) in [7, 11) is 0. The summed E-state index contributed by atoms with van der Waals surface area (Å²) in [5, 5.41) is 18.9. The highest BCUT2D eigenvalue weighted by atomic mass is 19.1. The van der Waals surface area contributed by atoms with Crippen LogP contribution in [0.15, 0.2) is 42.5 Å². The van der Waals surface area contributed by atoms with E-state index in [1.54, 1.807) is 11.6 Å². The zero-order chi connectivity index (χ0) is 30.2. The van der Waals surface area contributed by atoms with Crippen molar-refractivity contribution in [2.75, 3.05) is 26.4 Å². The molecule has 5 aliphatic rings. The number of carbonyl (C=O) groups is 2. The first-order valence-corrected chi connectivity index (χ1v) is 14.4. The number of rotatable bonds is 2. The summed E-state index contributed by atoms with van der Waals surface area (Å²) in [6, 6.07) is 11.7. The lowest BCUT2D eigenvalue weighted by atomic mass is 9.78. The molecule has 11 heteroatoms. The molecule has 9 rings (SSSR count). The molecule has 2 atom stereocenters.